The van der Waals surface area contributed by atoms with Crippen LogP contribution in [-0.4, -0.2) is 34.1 Å². The largest absolute Gasteiger partial charge is 0.479 e. The van der Waals surface area contributed by atoms with Crippen LogP contribution in [0.1, 0.15) is 31.7 Å². The average molecular weight is 294 g/mol. The molecule has 2 N–H and O–H groups in total. The number of nitrogens with zero attached hydrogens (tertiary/aromatic N) is 1. The molecule has 1 aliphatic rings. The molecule has 1 heterocycles. The van der Waals surface area contributed by atoms with Gasteiger partial charge in [0.1, 0.15) is 11.4 Å². The number of urea groups is 1. The first-order chi connectivity index (χ1) is 9.99. The number of hydrogen-bond donors (Lipinski definition) is 2. The first-order valence-electron chi connectivity index (χ1n) is 7.03. The van der Waals surface area contributed by atoms with Crippen molar-refractivity contribution < 1.29 is 19.1 Å². The van der Waals surface area contributed by atoms with E-state index in [0.29, 0.717) is 25.8 Å². The lowest BCUT2D eigenvalue weighted by atomic mass is 9.93. The van der Waals surface area contributed by atoms with Crippen LogP contribution < -0.4 is 5.32 Å². The van der Waals surface area contributed by atoms with Gasteiger partial charge in [-0.05, 0) is 37.0 Å². The van der Waals surface area contributed by atoms with E-state index in [1.54, 1.807) is 19.1 Å². The van der Waals surface area contributed by atoms with Crippen molar-refractivity contribution in [1.82, 2.24) is 10.2 Å². The Kier molecular flexibility index (Phi) is 4.45. The van der Waals surface area contributed by atoms with E-state index in [4.69, 9.17) is 0 Å². The molecule has 21 heavy (non-hydrogen) atoms. The lowest BCUT2D eigenvalue weighted by molar-refractivity contribution is -0.148. The minimum absolute atomic E-state index is 0.245. The van der Waals surface area contributed by atoms with Crippen molar-refractivity contribution in [2.45, 2.75) is 38.3 Å². The van der Waals surface area contributed by atoms with Gasteiger partial charge in [0.2, 0.25) is 0 Å². The zero-order valence-corrected chi connectivity index (χ0v) is 11.9. The van der Waals surface area contributed by atoms with E-state index in [-0.39, 0.29) is 18.4 Å². The number of carbonyl (C=O) groups is 2. The van der Waals surface area contributed by atoms with Gasteiger partial charge < -0.3 is 15.3 Å². The molecule has 0 aromatic heterocycles. The van der Waals surface area contributed by atoms with Crippen molar-refractivity contribution in [2.75, 3.05) is 6.54 Å². The summed E-state index contributed by atoms with van der Waals surface area (Å²) in [5, 5.41) is 12.1. The Morgan fingerprint density at radius 3 is 2.62 bits per heavy atom. The van der Waals surface area contributed by atoms with Crippen molar-refractivity contribution in [1.29, 1.82) is 0 Å². The van der Waals surface area contributed by atoms with E-state index in [2.05, 4.69) is 5.32 Å². The van der Waals surface area contributed by atoms with E-state index in [1.807, 2.05) is 0 Å². The van der Waals surface area contributed by atoms with Gasteiger partial charge in [-0.2, -0.15) is 0 Å². The summed E-state index contributed by atoms with van der Waals surface area (Å²) in [5.41, 5.74) is -0.339. The van der Waals surface area contributed by atoms with E-state index in [9.17, 15) is 19.1 Å². The SMILES string of the molecule is CCC1(C(=O)O)CCCN1C(=O)NCc1ccc(F)cc1. The molecule has 1 aliphatic heterocycles. The third kappa shape index (κ3) is 2.99. The van der Waals surface area contributed by atoms with Crippen molar-refractivity contribution in [3.63, 3.8) is 0 Å². The van der Waals surface area contributed by atoms with Crippen LogP contribution in [0.5, 0.6) is 0 Å². The van der Waals surface area contributed by atoms with Crippen LogP contribution in [0.3, 0.4) is 0 Å². The summed E-state index contributed by atoms with van der Waals surface area (Å²) in [6.07, 6.45) is 1.54. The number of carboxylic acid groups (broad SMARTS) is 1. The molecule has 0 saturated carbocycles. The Bertz CT molecular complexity index is 532. The van der Waals surface area contributed by atoms with Gasteiger partial charge in [0.05, 0.1) is 0 Å². The predicted molar refractivity (Wildman–Crippen MR) is 75.2 cm³/mol. The summed E-state index contributed by atoms with van der Waals surface area (Å²) in [6, 6.07) is 5.44. The topological polar surface area (TPSA) is 69.6 Å². The average Bonchev–Trinajstić information content (AvgIpc) is 2.91. The smallest absolute Gasteiger partial charge is 0.329 e. The van der Waals surface area contributed by atoms with Crippen LogP contribution >= 0.6 is 0 Å². The highest BCUT2D eigenvalue weighted by atomic mass is 19.1. The number of carboxylic acids is 1. The highest BCUT2D eigenvalue weighted by molar-refractivity contribution is 5.87. The van der Waals surface area contributed by atoms with Gasteiger partial charge in [0, 0.05) is 13.1 Å². The molecule has 6 heteroatoms. The fourth-order valence-corrected chi connectivity index (χ4v) is 2.79. The molecule has 0 radical (unpaired) electrons. The maximum absolute atomic E-state index is 12.8. The van der Waals surface area contributed by atoms with E-state index in [0.717, 1.165) is 5.56 Å². The number of aliphatic carboxylic acids is 1. The predicted octanol–water partition coefficient (Wildman–Crippen LogP) is 2.36. The van der Waals surface area contributed by atoms with Crippen molar-refractivity contribution in [3.05, 3.63) is 35.6 Å². The number of amides is 2. The molecule has 1 unspecified atom stereocenters. The summed E-state index contributed by atoms with van der Waals surface area (Å²) < 4.78 is 12.8. The minimum Gasteiger partial charge on any atom is -0.479 e. The fourth-order valence-electron chi connectivity index (χ4n) is 2.79. The number of carbonyl (C=O) groups excluding carboxylic acids is 1. The molecule has 1 aromatic rings. The van der Waals surface area contributed by atoms with E-state index >= 15 is 0 Å². The van der Waals surface area contributed by atoms with Gasteiger partial charge in [-0.25, -0.2) is 14.0 Å². The summed E-state index contributed by atoms with van der Waals surface area (Å²) >= 11 is 0. The molecule has 2 rings (SSSR count). The number of likely N-dealkylation sites (tertiary alicyclic amines) is 1. The molecule has 1 fully saturated rings. The normalized spacial score (nSPS) is 21.3. The van der Waals surface area contributed by atoms with Crippen molar-refractivity contribution in [2.24, 2.45) is 0 Å². The van der Waals surface area contributed by atoms with E-state index in [1.165, 1.54) is 17.0 Å². The number of rotatable bonds is 4. The number of halogens is 1. The van der Waals surface area contributed by atoms with Crippen LogP contribution in [0.4, 0.5) is 9.18 Å². The molecule has 0 bridgehead atoms. The molecule has 5 nitrogen and oxygen atoms in total. The first kappa shape index (κ1) is 15.3. The zero-order valence-electron chi connectivity index (χ0n) is 11.9. The monoisotopic (exact) mass is 294 g/mol. The molecule has 0 aliphatic carbocycles. The molecule has 1 saturated heterocycles. The Labute approximate surface area is 122 Å². The quantitative estimate of drug-likeness (QED) is 0.895. The Morgan fingerprint density at radius 1 is 1.38 bits per heavy atom. The first-order valence-corrected chi connectivity index (χ1v) is 7.03. The fraction of sp³-hybridized carbons (Fsp3) is 0.467. The highest BCUT2D eigenvalue weighted by Crippen LogP contribution is 2.32. The molecule has 114 valence electrons. The van der Waals surface area contributed by atoms with Crippen molar-refractivity contribution >= 4 is 12.0 Å². The van der Waals surface area contributed by atoms with Gasteiger partial charge in [-0.1, -0.05) is 19.1 Å². The summed E-state index contributed by atoms with van der Waals surface area (Å²) in [5.74, 6) is -1.29. The summed E-state index contributed by atoms with van der Waals surface area (Å²) in [4.78, 5) is 25.2. The lowest BCUT2D eigenvalue weighted by Crippen LogP contribution is -2.55. The van der Waals surface area contributed by atoms with E-state index < -0.39 is 11.5 Å². The molecular weight excluding hydrogens is 275 g/mol. The van der Waals surface area contributed by atoms with Gasteiger partial charge in [0.15, 0.2) is 0 Å². The van der Waals surface area contributed by atoms with Crippen LogP contribution in [0.25, 0.3) is 0 Å². The van der Waals surface area contributed by atoms with Crippen LogP contribution in [0.2, 0.25) is 0 Å². The Morgan fingerprint density at radius 2 is 2.05 bits per heavy atom. The molecular formula is C15H19FN2O3. The number of hydrogen-bond acceptors (Lipinski definition) is 2. The molecule has 2 amide bonds. The van der Waals surface area contributed by atoms with Crippen molar-refractivity contribution in [3.8, 4) is 0 Å². The molecule has 1 aromatic carbocycles. The molecule has 1 atom stereocenters. The maximum atomic E-state index is 12.8. The second-order valence-electron chi connectivity index (χ2n) is 5.23. The van der Waals surface area contributed by atoms with Crippen LogP contribution in [0.15, 0.2) is 24.3 Å². The zero-order chi connectivity index (χ0) is 15.5. The maximum Gasteiger partial charge on any atom is 0.329 e. The van der Waals surface area contributed by atoms with Crippen LogP contribution in [-0.2, 0) is 11.3 Å². The third-order valence-corrected chi connectivity index (χ3v) is 4.07. The van der Waals surface area contributed by atoms with Gasteiger partial charge in [0.25, 0.3) is 0 Å². The van der Waals surface area contributed by atoms with Gasteiger partial charge in [-0.15, -0.1) is 0 Å². The Balaban J connectivity index is 2.02. The lowest BCUT2D eigenvalue weighted by Gasteiger charge is -2.33. The van der Waals surface area contributed by atoms with Crippen LogP contribution in [0, 0.1) is 5.82 Å². The second kappa shape index (κ2) is 6.11. The second-order valence-corrected chi connectivity index (χ2v) is 5.23. The summed E-state index contributed by atoms with van der Waals surface area (Å²) in [6.45, 7) is 2.46. The number of nitrogens with one attached hydrogen (secondary N) is 1. The van der Waals surface area contributed by atoms with Gasteiger partial charge in [-0.3, -0.25) is 0 Å². The van der Waals surface area contributed by atoms with Gasteiger partial charge >= 0.3 is 12.0 Å². The summed E-state index contributed by atoms with van der Waals surface area (Å²) in [7, 11) is 0. The highest BCUT2D eigenvalue weighted by Gasteiger charge is 2.48. The minimum atomic E-state index is -1.10. The Hall–Kier alpha value is -2.11. The number of benzene rings is 1. The standard InChI is InChI=1S/C15H19FN2O3/c1-2-15(13(19)20)8-3-9-18(15)14(21)17-10-11-4-6-12(16)7-5-11/h4-7H,2-3,8-10H2,1H3,(H,17,21)(H,19,20). The third-order valence-electron chi connectivity index (χ3n) is 4.07. The molecule has 0 spiro atoms.